The predicted octanol–water partition coefficient (Wildman–Crippen LogP) is 4.52. The number of carbonyl (C=O) groups excluding carboxylic acids is 2. The van der Waals surface area contributed by atoms with Crippen LogP contribution in [-0.2, 0) is 6.54 Å². The van der Waals surface area contributed by atoms with Gasteiger partial charge in [-0.2, -0.15) is 0 Å². The Morgan fingerprint density at radius 2 is 1.71 bits per heavy atom. The monoisotopic (exact) mass is 578 g/mol. The van der Waals surface area contributed by atoms with Crippen LogP contribution in [0.15, 0.2) is 66.7 Å². The number of urea groups is 1. The number of carboxylic acid groups (broad SMARTS) is 1. The molecule has 0 radical (unpaired) electrons. The van der Waals surface area contributed by atoms with Gasteiger partial charge in [-0.15, -0.1) is 0 Å². The highest BCUT2D eigenvalue weighted by atomic mass is 19.1. The maximum absolute atomic E-state index is 13.7. The van der Waals surface area contributed by atoms with Crippen LogP contribution in [0.5, 0.6) is 5.75 Å². The lowest BCUT2D eigenvalue weighted by molar-refractivity contribution is 0.0341. The molecule has 42 heavy (non-hydrogen) atoms. The van der Waals surface area contributed by atoms with Gasteiger partial charge < -0.3 is 30.5 Å². The van der Waals surface area contributed by atoms with Gasteiger partial charge in [-0.3, -0.25) is 9.69 Å². The molecule has 3 aromatic rings. The van der Waals surface area contributed by atoms with Crippen molar-refractivity contribution in [2.24, 2.45) is 5.92 Å². The Bertz CT molecular complexity index is 1420. The molecule has 1 aliphatic heterocycles. The van der Waals surface area contributed by atoms with Gasteiger partial charge in [0.1, 0.15) is 17.7 Å². The summed E-state index contributed by atoms with van der Waals surface area (Å²) in [6.45, 7) is 4.95. The molecule has 0 unspecified atom stereocenters. The van der Waals surface area contributed by atoms with Gasteiger partial charge in [-0.25, -0.2) is 14.0 Å². The average Bonchev–Trinajstić information content (AvgIpc) is 2.96. The summed E-state index contributed by atoms with van der Waals surface area (Å²) in [5.41, 5.74) is 2.18. The molecule has 11 heteroatoms. The van der Waals surface area contributed by atoms with E-state index in [1.54, 1.807) is 54.3 Å². The predicted molar refractivity (Wildman–Crippen MR) is 156 cm³/mol. The summed E-state index contributed by atoms with van der Waals surface area (Å²) in [6, 6.07) is 15.8. The summed E-state index contributed by atoms with van der Waals surface area (Å²) in [5.74, 6) is -1.46. The van der Waals surface area contributed by atoms with Gasteiger partial charge in [0, 0.05) is 36.9 Å². The fraction of sp³-hybridized carbons (Fsp3) is 0.323. The molecule has 3 amide bonds. The molecule has 4 rings (SSSR count). The number of aromatic carboxylic acids is 1. The summed E-state index contributed by atoms with van der Waals surface area (Å²) < 4.78 is 19.6. The molecule has 3 aromatic carbocycles. The third-order valence-corrected chi connectivity index (χ3v) is 7.17. The summed E-state index contributed by atoms with van der Waals surface area (Å²) >= 11 is 0. The lowest BCUT2D eigenvalue weighted by atomic mass is 9.99. The van der Waals surface area contributed by atoms with E-state index in [1.165, 1.54) is 24.3 Å². The maximum Gasteiger partial charge on any atom is 0.335 e. The minimum Gasteiger partial charge on any atom is -0.488 e. The zero-order valence-corrected chi connectivity index (χ0v) is 23.7. The van der Waals surface area contributed by atoms with Crippen LogP contribution < -0.4 is 15.4 Å². The van der Waals surface area contributed by atoms with Crippen molar-refractivity contribution in [1.29, 1.82) is 0 Å². The van der Waals surface area contributed by atoms with E-state index in [0.29, 0.717) is 36.8 Å². The molecule has 0 aliphatic carbocycles. The Hall–Kier alpha value is -4.48. The molecule has 0 fully saturated rings. The fourth-order valence-electron chi connectivity index (χ4n) is 4.78. The highest BCUT2D eigenvalue weighted by Crippen LogP contribution is 2.31. The number of carboxylic acids is 1. The number of nitrogens with zero attached hydrogens (tertiary/aromatic N) is 2. The highest BCUT2D eigenvalue weighted by Gasteiger charge is 2.33. The standard InChI is InChI=1S/C31H35FN4O6/c1-19-15-36(20(2)18-37)29(38)26-14-25(34-31(41)33-24-10-8-23(32)9-11-24)12-13-27(26)42-28(19)17-35(3)16-21-4-6-22(7-5-21)30(39)40/h4-14,19-20,28,37H,15-18H2,1-3H3,(H,39,40)(H2,33,34,41)/t19-,20-,28+/m0/s1. The maximum atomic E-state index is 13.7. The quantitative estimate of drug-likeness (QED) is 0.294. The second kappa shape index (κ2) is 13.5. The number of likely N-dealkylation sites (N-methyl/N-ethyl adjacent to an activating group) is 1. The Labute approximate surface area is 243 Å². The van der Waals surface area contributed by atoms with Crippen molar-refractivity contribution in [3.8, 4) is 5.75 Å². The first-order chi connectivity index (χ1) is 20.0. The molecule has 0 saturated carbocycles. The van der Waals surface area contributed by atoms with Crippen LogP contribution in [-0.4, -0.2) is 76.8 Å². The number of anilines is 2. The molecule has 0 saturated heterocycles. The summed E-state index contributed by atoms with van der Waals surface area (Å²) in [7, 11) is 1.94. The Morgan fingerprint density at radius 1 is 1.07 bits per heavy atom. The number of hydrogen-bond acceptors (Lipinski definition) is 6. The first-order valence-electron chi connectivity index (χ1n) is 13.6. The molecule has 1 aliphatic rings. The number of nitrogens with one attached hydrogen (secondary N) is 2. The Kier molecular flexibility index (Phi) is 9.76. The third-order valence-electron chi connectivity index (χ3n) is 7.17. The first-order valence-corrected chi connectivity index (χ1v) is 13.6. The van der Waals surface area contributed by atoms with Crippen molar-refractivity contribution in [3.05, 3.63) is 89.2 Å². The van der Waals surface area contributed by atoms with Crippen LogP contribution in [0.25, 0.3) is 0 Å². The fourth-order valence-corrected chi connectivity index (χ4v) is 4.78. The van der Waals surface area contributed by atoms with E-state index in [-0.39, 0.29) is 35.7 Å². The van der Waals surface area contributed by atoms with Crippen molar-refractivity contribution in [2.75, 3.05) is 37.4 Å². The van der Waals surface area contributed by atoms with E-state index in [2.05, 4.69) is 15.5 Å². The third kappa shape index (κ3) is 7.62. The summed E-state index contributed by atoms with van der Waals surface area (Å²) in [4.78, 5) is 41.1. The number of hydrogen-bond donors (Lipinski definition) is 4. The van der Waals surface area contributed by atoms with Crippen LogP contribution in [0, 0.1) is 11.7 Å². The number of carbonyl (C=O) groups is 3. The zero-order valence-electron chi connectivity index (χ0n) is 23.7. The molecule has 1 heterocycles. The van der Waals surface area contributed by atoms with E-state index < -0.39 is 23.9 Å². The van der Waals surface area contributed by atoms with Crippen molar-refractivity contribution in [3.63, 3.8) is 0 Å². The van der Waals surface area contributed by atoms with Crippen LogP contribution >= 0.6 is 0 Å². The number of halogens is 1. The Morgan fingerprint density at radius 3 is 2.36 bits per heavy atom. The summed E-state index contributed by atoms with van der Waals surface area (Å²) in [6.07, 6.45) is -0.325. The second-order valence-electron chi connectivity index (χ2n) is 10.6. The van der Waals surface area contributed by atoms with Crippen LogP contribution in [0.4, 0.5) is 20.6 Å². The topological polar surface area (TPSA) is 131 Å². The van der Waals surface area contributed by atoms with Crippen LogP contribution in [0.3, 0.4) is 0 Å². The average molecular weight is 579 g/mol. The Balaban J connectivity index is 1.54. The molecule has 0 bridgehead atoms. The zero-order chi connectivity index (χ0) is 30.4. The van der Waals surface area contributed by atoms with Gasteiger partial charge in [0.15, 0.2) is 0 Å². The number of amides is 3. The molecule has 0 spiro atoms. The minimum absolute atomic E-state index is 0.0905. The molecule has 0 aromatic heterocycles. The first kappa shape index (κ1) is 30.5. The largest absolute Gasteiger partial charge is 0.488 e. The number of aliphatic hydroxyl groups is 1. The normalized spacial score (nSPS) is 17.5. The van der Waals surface area contributed by atoms with Crippen molar-refractivity contribution in [1.82, 2.24) is 9.80 Å². The van der Waals surface area contributed by atoms with Gasteiger partial charge in [0.2, 0.25) is 0 Å². The molecule has 3 atom stereocenters. The van der Waals surface area contributed by atoms with Crippen LogP contribution in [0.1, 0.15) is 40.1 Å². The molecule has 4 N–H and O–H groups in total. The van der Waals surface area contributed by atoms with Crippen molar-refractivity contribution < 1.29 is 33.7 Å². The molecule has 10 nitrogen and oxygen atoms in total. The SMILES string of the molecule is C[C@H]1CN([C@@H](C)CO)C(=O)c2cc(NC(=O)Nc3ccc(F)cc3)ccc2O[C@@H]1CN(C)Cc1ccc(C(=O)O)cc1. The van der Waals surface area contributed by atoms with Crippen molar-refractivity contribution in [2.45, 2.75) is 32.5 Å². The highest BCUT2D eigenvalue weighted by molar-refractivity contribution is 6.02. The minimum atomic E-state index is -0.978. The molecule has 222 valence electrons. The number of fused-ring (bicyclic) bond motifs is 1. The second-order valence-corrected chi connectivity index (χ2v) is 10.6. The number of benzene rings is 3. The molecular formula is C31H35FN4O6. The van der Waals surface area contributed by atoms with Gasteiger partial charge >= 0.3 is 12.0 Å². The van der Waals surface area contributed by atoms with Gasteiger partial charge in [0.25, 0.3) is 5.91 Å². The smallest absolute Gasteiger partial charge is 0.335 e. The van der Waals surface area contributed by atoms with E-state index in [1.807, 2.05) is 14.0 Å². The van der Waals surface area contributed by atoms with E-state index >= 15 is 0 Å². The summed E-state index contributed by atoms with van der Waals surface area (Å²) in [5, 5.41) is 24.4. The van der Waals surface area contributed by atoms with Gasteiger partial charge in [-0.1, -0.05) is 19.1 Å². The van der Waals surface area contributed by atoms with Crippen LogP contribution in [0.2, 0.25) is 0 Å². The van der Waals surface area contributed by atoms with E-state index in [0.717, 1.165) is 5.56 Å². The van der Waals surface area contributed by atoms with E-state index in [4.69, 9.17) is 9.84 Å². The lowest BCUT2D eigenvalue weighted by Crippen LogP contribution is -2.49. The van der Waals surface area contributed by atoms with E-state index in [9.17, 15) is 23.9 Å². The molecular weight excluding hydrogens is 543 g/mol. The number of aliphatic hydroxyl groups excluding tert-OH is 1. The number of ether oxygens (including phenoxy) is 1. The van der Waals surface area contributed by atoms with Gasteiger partial charge in [0.05, 0.1) is 23.8 Å². The lowest BCUT2D eigenvalue weighted by Gasteiger charge is -2.38. The van der Waals surface area contributed by atoms with Gasteiger partial charge in [-0.05, 0) is 74.1 Å². The van der Waals surface area contributed by atoms with Crippen molar-refractivity contribution >= 4 is 29.3 Å². The number of rotatable bonds is 9.